The minimum Gasteiger partial charge on any atom is -0.497 e. The van der Waals surface area contributed by atoms with Gasteiger partial charge in [-0.25, -0.2) is 4.39 Å². The summed E-state index contributed by atoms with van der Waals surface area (Å²) >= 11 is 0. The molecule has 6 nitrogen and oxygen atoms in total. The standard InChI is InChI=1S/C20H19FN4O2/c1-27-17-8-2-14(3-9-17)12-13-22-19-11-10-18(24-25-19)20(26)23-16-6-4-15(21)5-7-16/h2-11H,12-13H2,1H3,(H,22,25)(H,23,26). The number of benzene rings is 2. The Balaban J connectivity index is 1.50. The number of halogens is 1. The van der Waals surface area contributed by atoms with E-state index in [1.54, 1.807) is 19.2 Å². The van der Waals surface area contributed by atoms with Crippen LogP contribution < -0.4 is 15.4 Å². The number of amides is 1. The zero-order chi connectivity index (χ0) is 19.1. The third-order valence-electron chi connectivity index (χ3n) is 3.88. The van der Waals surface area contributed by atoms with E-state index in [2.05, 4.69) is 20.8 Å². The van der Waals surface area contributed by atoms with Crippen LogP contribution >= 0.6 is 0 Å². The van der Waals surface area contributed by atoms with Gasteiger partial charge < -0.3 is 15.4 Å². The molecule has 0 aliphatic heterocycles. The molecule has 0 aliphatic carbocycles. The van der Waals surface area contributed by atoms with Crippen molar-refractivity contribution in [1.82, 2.24) is 10.2 Å². The van der Waals surface area contributed by atoms with E-state index >= 15 is 0 Å². The van der Waals surface area contributed by atoms with E-state index in [4.69, 9.17) is 4.74 Å². The molecule has 3 rings (SSSR count). The average Bonchev–Trinajstić information content (AvgIpc) is 2.71. The maximum Gasteiger partial charge on any atom is 0.276 e. The first-order valence-electron chi connectivity index (χ1n) is 8.41. The van der Waals surface area contributed by atoms with Crippen LogP contribution in [0.1, 0.15) is 16.1 Å². The minimum absolute atomic E-state index is 0.181. The molecule has 2 aromatic carbocycles. The maximum absolute atomic E-state index is 12.9. The maximum atomic E-state index is 12.9. The number of anilines is 2. The van der Waals surface area contributed by atoms with Gasteiger partial charge in [0.2, 0.25) is 0 Å². The summed E-state index contributed by atoms with van der Waals surface area (Å²) in [7, 11) is 1.64. The van der Waals surface area contributed by atoms with Crippen LogP contribution in [0.25, 0.3) is 0 Å². The quantitative estimate of drug-likeness (QED) is 0.669. The number of carbonyl (C=O) groups excluding carboxylic acids is 1. The van der Waals surface area contributed by atoms with Gasteiger partial charge in [0.15, 0.2) is 5.69 Å². The van der Waals surface area contributed by atoms with Gasteiger partial charge in [0, 0.05) is 12.2 Å². The number of ether oxygens (including phenoxy) is 1. The molecule has 0 spiro atoms. The lowest BCUT2D eigenvalue weighted by Gasteiger charge is -2.07. The van der Waals surface area contributed by atoms with Crippen LogP contribution in [0.5, 0.6) is 5.75 Å². The van der Waals surface area contributed by atoms with Crippen LogP contribution in [0, 0.1) is 5.82 Å². The molecule has 3 aromatic rings. The summed E-state index contributed by atoms with van der Waals surface area (Å²) in [6.07, 6.45) is 0.818. The molecule has 0 unspecified atom stereocenters. The summed E-state index contributed by atoms with van der Waals surface area (Å²) in [5.41, 5.74) is 1.84. The number of hydrogen-bond donors (Lipinski definition) is 2. The molecule has 138 valence electrons. The Morgan fingerprint density at radius 2 is 1.74 bits per heavy atom. The van der Waals surface area contributed by atoms with Gasteiger partial charge >= 0.3 is 0 Å². The van der Waals surface area contributed by atoms with Crippen molar-refractivity contribution < 1.29 is 13.9 Å². The summed E-state index contributed by atoms with van der Waals surface area (Å²) in [6.45, 7) is 0.683. The van der Waals surface area contributed by atoms with Crippen LogP contribution in [-0.4, -0.2) is 29.8 Å². The second kappa shape index (κ2) is 8.75. The third-order valence-corrected chi connectivity index (χ3v) is 3.88. The molecular formula is C20H19FN4O2. The Bertz CT molecular complexity index is 881. The van der Waals surface area contributed by atoms with E-state index < -0.39 is 5.91 Å². The fourth-order valence-electron chi connectivity index (χ4n) is 2.40. The van der Waals surface area contributed by atoms with E-state index in [1.165, 1.54) is 29.8 Å². The molecule has 0 radical (unpaired) electrons. The topological polar surface area (TPSA) is 76.1 Å². The highest BCUT2D eigenvalue weighted by molar-refractivity contribution is 6.02. The Kier molecular flexibility index (Phi) is 5.94. The largest absolute Gasteiger partial charge is 0.497 e. The highest BCUT2D eigenvalue weighted by Crippen LogP contribution is 2.12. The van der Waals surface area contributed by atoms with Crippen molar-refractivity contribution in [1.29, 1.82) is 0 Å². The number of aromatic nitrogens is 2. The summed E-state index contributed by atoms with van der Waals surface area (Å²) in [6, 6.07) is 16.7. The molecule has 27 heavy (non-hydrogen) atoms. The first kappa shape index (κ1) is 18.3. The van der Waals surface area contributed by atoms with Crippen molar-refractivity contribution in [3.05, 3.63) is 77.7 Å². The minimum atomic E-state index is -0.404. The van der Waals surface area contributed by atoms with Crippen molar-refractivity contribution in [2.75, 3.05) is 24.3 Å². The fourth-order valence-corrected chi connectivity index (χ4v) is 2.40. The van der Waals surface area contributed by atoms with E-state index in [-0.39, 0.29) is 11.5 Å². The molecule has 0 atom stereocenters. The molecule has 1 aromatic heterocycles. The molecule has 0 bridgehead atoms. The second-order valence-electron chi connectivity index (χ2n) is 5.79. The molecule has 0 aliphatic rings. The van der Waals surface area contributed by atoms with Crippen molar-refractivity contribution in [3.8, 4) is 5.75 Å². The molecule has 0 fully saturated rings. The van der Waals surface area contributed by atoms with Crippen LogP contribution in [0.4, 0.5) is 15.9 Å². The molecule has 2 N–H and O–H groups in total. The number of hydrogen-bond acceptors (Lipinski definition) is 5. The summed E-state index contributed by atoms with van der Waals surface area (Å²) in [5.74, 6) is 0.644. The summed E-state index contributed by atoms with van der Waals surface area (Å²) < 4.78 is 18.0. The number of nitrogens with one attached hydrogen (secondary N) is 2. The van der Waals surface area contributed by atoms with Gasteiger partial charge in [-0.3, -0.25) is 4.79 Å². The third kappa shape index (κ3) is 5.24. The van der Waals surface area contributed by atoms with Crippen LogP contribution in [-0.2, 0) is 6.42 Å². The lowest BCUT2D eigenvalue weighted by molar-refractivity contribution is 0.102. The van der Waals surface area contributed by atoms with E-state index in [1.807, 2.05) is 24.3 Å². The van der Waals surface area contributed by atoms with E-state index in [9.17, 15) is 9.18 Å². The monoisotopic (exact) mass is 366 g/mol. The first-order valence-corrected chi connectivity index (χ1v) is 8.41. The van der Waals surface area contributed by atoms with Crippen molar-refractivity contribution in [3.63, 3.8) is 0 Å². The Hall–Kier alpha value is -3.48. The highest BCUT2D eigenvalue weighted by atomic mass is 19.1. The van der Waals surface area contributed by atoms with Gasteiger partial charge in [0.05, 0.1) is 7.11 Å². The fraction of sp³-hybridized carbons (Fsp3) is 0.150. The zero-order valence-electron chi connectivity index (χ0n) is 14.8. The molecule has 1 amide bonds. The van der Waals surface area contributed by atoms with Gasteiger partial charge in [-0.05, 0) is 60.5 Å². The van der Waals surface area contributed by atoms with E-state index in [0.29, 0.717) is 18.1 Å². The van der Waals surface area contributed by atoms with Gasteiger partial charge in [-0.2, -0.15) is 0 Å². The van der Waals surface area contributed by atoms with Gasteiger partial charge in [-0.1, -0.05) is 12.1 Å². The van der Waals surface area contributed by atoms with Crippen LogP contribution in [0.3, 0.4) is 0 Å². The number of nitrogens with zero attached hydrogens (tertiary/aromatic N) is 2. The predicted octanol–water partition coefficient (Wildman–Crippen LogP) is 3.53. The molecule has 7 heteroatoms. The summed E-state index contributed by atoms with van der Waals surface area (Å²) in [5, 5.41) is 13.7. The summed E-state index contributed by atoms with van der Waals surface area (Å²) in [4.78, 5) is 12.1. The van der Waals surface area contributed by atoms with Crippen molar-refractivity contribution >= 4 is 17.4 Å². The van der Waals surface area contributed by atoms with Gasteiger partial charge in [-0.15, -0.1) is 10.2 Å². The first-order chi connectivity index (χ1) is 13.1. The smallest absolute Gasteiger partial charge is 0.276 e. The van der Waals surface area contributed by atoms with Gasteiger partial charge in [0.1, 0.15) is 17.4 Å². The molecular weight excluding hydrogens is 347 g/mol. The number of rotatable bonds is 7. The predicted molar refractivity (Wildman–Crippen MR) is 102 cm³/mol. The number of methoxy groups -OCH3 is 1. The van der Waals surface area contributed by atoms with E-state index in [0.717, 1.165) is 12.2 Å². The van der Waals surface area contributed by atoms with Crippen molar-refractivity contribution in [2.24, 2.45) is 0 Å². The van der Waals surface area contributed by atoms with Crippen molar-refractivity contribution in [2.45, 2.75) is 6.42 Å². The lowest BCUT2D eigenvalue weighted by Crippen LogP contribution is -2.15. The van der Waals surface area contributed by atoms with Crippen LogP contribution in [0.2, 0.25) is 0 Å². The SMILES string of the molecule is COc1ccc(CCNc2ccc(C(=O)Nc3ccc(F)cc3)nn2)cc1. The van der Waals surface area contributed by atoms with Gasteiger partial charge in [0.25, 0.3) is 5.91 Å². The highest BCUT2D eigenvalue weighted by Gasteiger charge is 2.09. The van der Waals surface area contributed by atoms with Crippen LogP contribution in [0.15, 0.2) is 60.7 Å². The molecule has 0 saturated heterocycles. The molecule has 1 heterocycles. The second-order valence-corrected chi connectivity index (χ2v) is 5.79. The Morgan fingerprint density at radius 3 is 2.37 bits per heavy atom. The Morgan fingerprint density at radius 1 is 1.00 bits per heavy atom. The number of carbonyl (C=O) groups is 1. The normalized spacial score (nSPS) is 10.3. The Labute approximate surface area is 156 Å². The zero-order valence-corrected chi connectivity index (χ0v) is 14.8. The lowest BCUT2D eigenvalue weighted by atomic mass is 10.1. The average molecular weight is 366 g/mol. The molecule has 0 saturated carbocycles.